The number of ether oxygens (including phenoxy) is 1. The van der Waals surface area contributed by atoms with Crippen LogP contribution < -0.4 is 4.74 Å². The molecule has 4 rings (SSSR count). The van der Waals surface area contributed by atoms with Gasteiger partial charge in [-0.25, -0.2) is 4.39 Å². The lowest BCUT2D eigenvalue weighted by Crippen LogP contribution is -2.20. The number of benzene rings is 2. The molecule has 1 unspecified atom stereocenters. The van der Waals surface area contributed by atoms with Gasteiger partial charge in [-0.15, -0.1) is 10.2 Å². The Hall–Kier alpha value is -2.94. The summed E-state index contributed by atoms with van der Waals surface area (Å²) in [6, 6.07) is 10.9. The smallest absolute Gasteiger partial charge is 0.416 e. The molecule has 1 aliphatic rings. The van der Waals surface area contributed by atoms with E-state index >= 15 is 0 Å². The molecular formula is C21H19F4N3O2. The van der Waals surface area contributed by atoms with Gasteiger partial charge in [-0.3, -0.25) is 4.90 Å². The maximum atomic E-state index is 12.9. The predicted molar refractivity (Wildman–Crippen MR) is 99.1 cm³/mol. The normalized spacial score (nSPS) is 17.4. The second kappa shape index (κ2) is 8.43. The molecule has 5 nitrogen and oxygen atoms in total. The van der Waals surface area contributed by atoms with E-state index in [0.29, 0.717) is 30.6 Å². The van der Waals surface area contributed by atoms with E-state index in [4.69, 9.17) is 9.15 Å². The van der Waals surface area contributed by atoms with E-state index in [2.05, 4.69) is 15.1 Å². The molecule has 0 saturated carbocycles. The van der Waals surface area contributed by atoms with Crippen LogP contribution in [0.2, 0.25) is 0 Å². The minimum absolute atomic E-state index is 0.0616. The van der Waals surface area contributed by atoms with E-state index in [1.807, 2.05) is 0 Å². The summed E-state index contributed by atoms with van der Waals surface area (Å²) in [6.07, 6.45) is -3.51. The van der Waals surface area contributed by atoms with Crippen LogP contribution in [0.3, 0.4) is 0 Å². The molecule has 1 fully saturated rings. The molecule has 1 aromatic heterocycles. The zero-order chi connectivity index (χ0) is 21.1. The van der Waals surface area contributed by atoms with E-state index in [9.17, 15) is 17.6 Å². The molecule has 0 N–H and O–H groups in total. The van der Waals surface area contributed by atoms with E-state index in [0.717, 1.165) is 30.7 Å². The number of rotatable bonds is 6. The summed E-state index contributed by atoms with van der Waals surface area (Å²) in [7, 11) is 0. The lowest BCUT2D eigenvalue weighted by molar-refractivity contribution is -0.137. The van der Waals surface area contributed by atoms with Gasteiger partial charge in [-0.2, -0.15) is 13.2 Å². The summed E-state index contributed by atoms with van der Waals surface area (Å²) in [5.41, 5.74) is 0.175. The van der Waals surface area contributed by atoms with E-state index < -0.39 is 11.7 Å². The van der Waals surface area contributed by atoms with Crippen LogP contribution in [0, 0.1) is 5.82 Å². The second-order valence-electron chi connectivity index (χ2n) is 7.19. The highest BCUT2D eigenvalue weighted by Crippen LogP contribution is 2.30. The third-order valence-electron chi connectivity index (χ3n) is 4.97. The van der Waals surface area contributed by atoms with E-state index in [-0.39, 0.29) is 18.3 Å². The lowest BCUT2D eigenvalue weighted by atomic mass is 10.1. The Balaban J connectivity index is 1.29. The fourth-order valence-corrected chi connectivity index (χ4v) is 3.40. The maximum absolute atomic E-state index is 12.9. The Morgan fingerprint density at radius 3 is 2.47 bits per heavy atom. The molecule has 0 radical (unpaired) electrons. The topological polar surface area (TPSA) is 51.4 Å². The molecule has 3 aromatic rings. The van der Waals surface area contributed by atoms with Crippen LogP contribution in [-0.4, -0.2) is 28.2 Å². The van der Waals surface area contributed by atoms with Gasteiger partial charge in [0, 0.05) is 13.1 Å². The highest BCUT2D eigenvalue weighted by atomic mass is 19.4. The molecule has 0 spiro atoms. The Labute approximate surface area is 170 Å². The van der Waals surface area contributed by atoms with Gasteiger partial charge in [-0.1, -0.05) is 12.1 Å². The third-order valence-corrected chi connectivity index (χ3v) is 4.97. The molecule has 1 atom stereocenters. The van der Waals surface area contributed by atoms with Crippen molar-refractivity contribution < 1.29 is 26.7 Å². The lowest BCUT2D eigenvalue weighted by Gasteiger charge is -2.16. The van der Waals surface area contributed by atoms with Crippen molar-refractivity contribution in [3.8, 4) is 5.75 Å². The largest absolute Gasteiger partial charge is 0.484 e. The van der Waals surface area contributed by atoms with Gasteiger partial charge in [-0.05, 0) is 54.9 Å². The van der Waals surface area contributed by atoms with Gasteiger partial charge in [0.25, 0.3) is 5.89 Å². The standard InChI is InChI=1S/C21H19F4N3O2/c22-17-5-7-18(8-6-17)29-13-19-26-27-20(30-19)15-9-10-28(12-15)11-14-1-3-16(4-2-14)21(23,24)25/h1-8,15H,9-13H2. The SMILES string of the molecule is Fc1ccc(OCc2nnc(C3CCN(Cc4ccc(C(F)(F)F)cc4)C3)o2)cc1. The van der Waals surface area contributed by atoms with Crippen LogP contribution in [0.4, 0.5) is 17.6 Å². The second-order valence-corrected chi connectivity index (χ2v) is 7.19. The fraction of sp³-hybridized carbons (Fsp3) is 0.333. The number of halogens is 4. The Bertz CT molecular complexity index is 971. The fourth-order valence-electron chi connectivity index (χ4n) is 3.40. The molecule has 30 heavy (non-hydrogen) atoms. The number of nitrogens with zero attached hydrogens (tertiary/aromatic N) is 3. The molecule has 1 aliphatic heterocycles. The van der Waals surface area contributed by atoms with Crippen LogP contribution in [0.5, 0.6) is 5.75 Å². The van der Waals surface area contributed by atoms with E-state index in [1.54, 1.807) is 0 Å². The highest BCUT2D eigenvalue weighted by molar-refractivity contribution is 5.25. The number of hydrogen-bond donors (Lipinski definition) is 0. The van der Waals surface area contributed by atoms with Crippen LogP contribution in [0.25, 0.3) is 0 Å². The third kappa shape index (κ3) is 4.96. The van der Waals surface area contributed by atoms with Gasteiger partial charge < -0.3 is 9.15 Å². The number of alkyl halides is 3. The summed E-state index contributed by atoms with van der Waals surface area (Å²) in [6.45, 7) is 2.11. The highest BCUT2D eigenvalue weighted by Gasteiger charge is 2.31. The van der Waals surface area contributed by atoms with Gasteiger partial charge in [0.2, 0.25) is 5.89 Å². The average molecular weight is 421 g/mol. The molecule has 2 aromatic carbocycles. The van der Waals surface area contributed by atoms with Crippen LogP contribution in [0.1, 0.15) is 35.2 Å². The Morgan fingerprint density at radius 2 is 1.77 bits per heavy atom. The Morgan fingerprint density at radius 1 is 1.03 bits per heavy atom. The summed E-state index contributed by atoms with van der Waals surface area (Å²) < 4.78 is 62.1. The van der Waals surface area contributed by atoms with Crippen molar-refractivity contribution in [2.45, 2.75) is 31.7 Å². The first-order valence-electron chi connectivity index (χ1n) is 9.46. The van der Waals surface area contributed by atoms with Gasteiger partial charge in [0.1, 0.15) is 11.6 Å². The number of hydrogen-bond acceptors (Lipinski definition) is 5. The Kier molecular flexibility index (Phi) is 5.72. The number of aromatic nitrogens is 2. The first kappa shape index (κ1) is 20.3. The summed E-state index contributed by atoms with van der Waals surface area (Å²) in [5.74, 6) is 1.06. The van der Waals surface area contributed by atoms with Gasteiger partial charge in [0.15, 0.2) is 6.61 Å². The average Bonchev–Trinajstić information content (AvgIpc) is 3.37. The molecule has 2 heterocycles. The molecule has 0 aliphatic carbocycles. The van der Waals surface area contributed by atoms with Crippen molar-refractivity contribution in [1.29, 1.82) is 0 Å². The maximum Gasteiger partial charge on any atom is 0.416 e. The zero-order valence-corrected chi connectivity index (χ0v) is 15.9. The molecular weight excluding hydrogens is 402 g/mol. The molecule has 0 amide bonds. The monoisotopic (exact) mass is 421 g/mol. The van der Waals surface area contributed by atoms with Crippen molar-refractivity contribution in [2.24, 2.45) is 0 Å². The first-order chi connectivity index (χ1) is 14.4. The molecule has 0 bridgehead atoms. The van der Waals surface area contributed by atoms with Crippen molar-refractivity contribution in [3.63, 3.8) is 0 Å². The van der Waals surface area contributed by atoms with Crippen LogP contribution in [0.15, 0.2) is 52.9 Å². The zero-order valence-electron chi connectivity index (χ0n) is 15.9. The van der Waals surface area contributed by atoms with E-state index in [1.165, 1.54) is 36.4 Å². The quantitative estimate of drug-likeness (QED) is 0.536. The van der Waals surface area contributed by atoms with Crippen molar-refractivity contribution in [2.75, 3.05) is 13.1 Å². The van der Waals surface area contributed by atoms with Crippen LogP contribution in [-0.2, 0) is 19.3 Å². The summed E-state index contributed by atoms with van der Waals surface area (Å²) in [4.78, 5) is 2.14. The minimum atomic E-state index is -4.33. The summed E-state index contributed by atoms with van der Waals surface area (Å²) in [5, 5.41) is 8.09. The molecule has 158 valence electrons. The number of likely N-dealkylation sites (tertiary alicyclic amines) is 1. The van der Waals surface area contributed by atoms with Crippen LogP contribution >= 0.6 is 0 Å². The minimum Gasteiger partial charge on any atom is -0.484 e. The van der Waals surface area contributed by atoms with Crippen molar-refractivity contribution in [1.82, 2.24) is 15.1 Å². The van der Waals surface area contributed by atoms with Gasteiger partial charge >= 0.3 is 6.18 Å². The summed E-state index contributed by atoms with van der Waals surface area (Å²) >= 11 is 0. The van der Waals surface area contributed by atoms with Crippen molar-refractivity contribution >= 4 is 0 Å². The first-order valence-corrected chi connectivity index (χ1v) is 9.46. The molecule has 1 saturated heterocycles. The van der Waals surface area contributed by atoms with Crippen molar-refractivity contribution in [3.05, 3.63) is 77.3 Å². The molecule has 9 heteroatoms. The van der Waals surface area contributed by atoms with Gasteiger partial charge in [0.05, 0.1) is 11.5 Å². The predicted octanol–water partition coefficient (Wildman–Crippen LogP) is 4.80.